The Bertz CT molecular complexity index is 718. The maximum atomic E-state index is 12.2. The Hall–Kier alpha value is -2.47. The number of nitrogens with one attached hydrogen (secondary N) is 1. The van der Waals surface area contributed by atoms with Crippen molar-refractivity contribution in [1.29, 1.82) is 0 Å². The van der Waals surface area contributed by atoms with Crippen molar-refractivity contribution in [2.24, 2.45) is 0 Å². The van der Waals surface area contributed by atoms with E-state index in [0.717, 1.165) is 16.2 Å². The average molecular weight is 373 g/mol. The smallest absolute Gasteiger partial charge is 0.319 e. The molecule has 0 radical (unpaired) electrons. The molecule has 0 aromatic heterocycles. The minimum atomic E-state index is -0.848. The van der Waals surface area contributed by atoms with Crippen LogP contribution in [-0.2, 0) is 20.9 Å². The Balaban J connectivity index is 1.78. The summed E-state index contributed by atoms with van der Waals surface area (Å²) in [6.07, 6.45) is -0.848. The lowest BCUT2D eigenvalue weighted by molar-refractivity contribution is -0.154. The first kappa shape index (κ1) is 19.8. The van der Waals surface area contributed by atoms with Crippen molar-refractivity contribution in [2.75, 3.05) is 7.11 Å². The van der Waals surface area contributed by atoms with Crippen LogP contribution in [0.15, 0.2) is 59.5 Å². The maximum absolute atomic E-state index is 12.2. The lowest BCUT2D eigenvalue weighted by atomic mass is 10.2. The second-order valence-electron chi connectivity index (χ2n) is 5.72. The van der Waals surface area contributed by atoms with Crippen LogP contribution in [0.2, 0.25) is 0 Å². The molecule has 2 aromatic rings. The number of rotatable bonds is 8. The molecule has 1 N–H and O–H groups in total. The number of methoxy groups -OCH3 is 1. The van der Waals surface area contributed by atoms with Crippen molar-refractivity contribution in [3.05, 3.63) is 60.2 Å². The first-order valence-electron chi connectivity index (χ1n) is 8.32. The van der Waals surface area contributed by atoms with Gasteiger partial charge in [0.25, 0.3) is 5.91 Å². The van der Waals surface area contributed by atoms with Crippen molar-refractivity contribution in [3.8, 4) is 5.75 Å². The molecule has 0 aliphatic rings. The SMILES string of the molecule is COc1ccc(CNC(=O)[C@H](C)OC(=O)[C@H](C)Sc2ccccc2)cc1. The summed E-state index contributed by atoms with van der Waals surface area (Å²) in [4.78, 5) is 25.3. The highest BCUT2D eigenvalue weighted by molar-refractivity contribution is 8.00. The summed E-state index contributed by atoms with van der Waals surface area (Å²) in [6.45, 7) is 3.70. The molecule has 0 bridgehead atoms. The van der Waals surface area contributed by atoms with Crippen molar-refractivity contribution in [3.63, 3.8) is 0 Å². The molecule has 0 heterocycles. The number of esters is 1. The predicted molar refractivity (Wildman–Crippen MR) is 102 cm³/mol. The molecule has 0 spiro atoms. The molecule has 0 unspecified atom stereocenters. The molecule has 6 heteroatoms. The van der Waals surface area contributed by atoms with Crippen LogP contribution < -0.4 is 10.1 Å². The van der Waals surface area contributed by atoms with Crippen LogP contribution in [0.5, 0.6) is 5.75 Å². The van der Waals surface area contributed by atoms with E-state index < -0.39 is 17.3 Å². The fraction of sp³-hybridized carbons (Fsp3) is 0.300. The Labute approximate surface area is 158 Å². The zero-order valence-corrected chi connectivity index (χ0v) is 15.9. The Morgan fingerprint density at radius 1 is 1.04 bits per heavy atom. The highest BCUT2D eigenvalue weighted by atomic mass is 32.2. The summed E-state index contributed by atoms with van der Waals surface area (Å²) in [5, 5.41) is 2.37. The number of benzene rings is 2. The van der Waals surface area contributed by atoms with Gasteiger partial charge in [-0.25, -0.2) is 0 Å². The van der Waals surface area contributed by atoms with E-state index in [0.29, 0.717) is 6.54 Å². The lowest BCUT2D eigenvalue weighted by Crippen LogP contribution is -2.36. The topological polar surface area (TPSA) is 64.6 Å². The second-order valence-corrected chi connectivity index (χ2v) is 7.13. The van der Waals surface area contributed by atoms with Gasteiger partial charge in [0.05, 0.1) is 7.11 Å². The maximum Gasteiger partial charge on any atom is 0.319 e. The van der Waals surface area contributed by atoms with Crippen LogP contribution in [0.25, 0.3) is 0 Å². The van der Waals surface area contributed by atoms with Crippen molar-refractivity contribution in [2.45, 2.75) is 36.6 Å². The van der Waals surface area contributed by atoms with E-state index in [4.69, 9.17) is 9.47 Å². The van der Waals surface area contributed by atoms with E-state index in [-0.39, 0.29) is 5.91 Å². The summed E-state index contributed by atoms with van der Waals surface area (Å²) < 4.78 is 10.4. The molecule has 138 valence electrons. The molecule has 2 atom stereocenters. The van der Waals surface area contributed by atoms with Crippen molar-refractivity contribution < 1.29 is 19.1 Å². The molecule has 0 saturated carbocycles. The van der Waals surface area contributed by atoms with Crippen LogP contribution in [-0.4, -0.2) is 30.3 Å². The summed E-state index contributed by atoms with van der Waals surface area (Å²) in [7, 11) is 1.60. The molecule has 2 rings (SSSR count). The zero-order valence-electron chi connectivity index (χ0n) is 15.1. The van der Waals surface area contributed by atoms with Gasteiger partial charge in [0, 0.05) is 11.4 Å². The third kappa shape index (κ3) is 6.11. The summed E-state index contributed by atoms with van der Waals surface area (Å²) in [5.74, 6) is 0.0179. The van der Waals surface area contributed by atoms with E-state index >= 15 is 0 Å². The molecular weight excluding hydrogens is 350 g/mol. The van der Waals surface area contributed by atoms with E-state index in [1.165, 1.54) is 11.8 Å². The van der Waals surface area contributed by atoms with Gasteiger partial charge in [-0.05, 0) is 43.7 Å². The van der Waals surface area contributed by atoms with Gasteiger partial charge < -0.3 is 14.8 Å². The zero-order chi connectivity index (χ0) is 18.9. The van der Waals surface area contributed by atoms with Gasteiger partial charge in [0.1, 0.15) is 11.0 Å². The number of thioether (sulfide) groups is 1. The fourth-order valence-corrected chi connectivity index (χ4v) is 3.03. The number of hydrogen-bond donors (Lipinski definition) is 1. The van der Waals surface area contributed by atoms with Gasteiger partial charge in [0.15, 0.2) is 6.10 Å². The summed E-state index contributed by atoms with van der Waals surface area (Å²) >= 11 is 1.40. The molecule has 0 aliphatic carbocycles. The molecule has 0 saturated heterocycles. The third-order valence-corrected chi connectivity index (χ3v) is 4.77. The quantitative estimate of drug-likeness (QED) is 0.567. The molecule has 2 aromatic carbocycles. The Morgan fingerprint density at radius 3 is 2.31 bits per heavy atom. The summed E-state index contributed by atoms with van der Waals surface area (Å²) in [6, 6.07) is 17.0. The molecular formula is C20H23NO4S. The van der Waals surface area contributed by atoms with Crippen molar-refractivity contribution >= 4 is 23.6 Å². The standard InChI is InChI=1S/C20H23NO4S/c1-14(19(22)21-13-16-9-11-17(24-3)12-10-16)25-20(23)15(2)26-18-7-5-4-6-8-18/h4-12,14-15H,13H2,1-3H3,(H,21,22)/t14-,15-/m0/s1. The number of ether oxygens (including phenoxy) is 2. The van der Waals surface area contributed by atoms with Gasteiger partial charge in [0.2, 0.25) is 0 Å². The van der Waals surface area contributed by atoms with Gasteiger partial charge in [-0.2, -0.15) is 0 Å². The van der Waals surface area contributed by atoms with E-state index in [2.05, 4.69) is 5.32 Å². The van der Waals surface area contributed by atoms with Gasteiger partial charge in [-0.3, -0.25) is 9.59 Å². The van der Waals surface area contributed by atoms with Crippen LogP contribution in [0.4, 0.5) is 0 Å². The minimum Gasteiger partial charge on any atom is -0.497 e. The van der Waals surface area contributed by atoms with E-state index in [9.17, 15) is 9.59 Å². The van der Waals surface area contributed by atoms with Crippen LogP contribution in [0.1, 0.15) is 19.4 Å². The summed E-state index contributed by atoms with van der Waals surface area (Å²) in [5.41, 5.74) is 0.936. The number of amides is 1. The Morgan fingerprint density at radius 2 is 1.69 bits per heavy atom. The predicted octanol–water partition coefficient (Wildman–Crippen LogP) is 3.42. The lowest BCUT2D eigenvalue weighted by Gasteiger charge is -2.16. The highest BCUT2D eigenvalue weighted by Gasteiger charge is 2.22. The van der Waals surface area contributed by atoms with Gasteiger partial charge in [-0.15, -0.1) is 11.8 Å². The molecule has 0 aliphatic heterocycles. The van der Waals surface area contributed by atoms with E-state index in [1.54, 1.807) is 21.0 Å². The number of hydrogen-bond acceptors (Lipinski definition) is 5. The second kappa shape index (κ2) is 9.87. The first-order valence-corrected chi connectivity index (χ1v) is 9.20. The number of carbonyl (C=O) groups excluding carboxylic acids is 2. The molecule has 26 heavy (non-hydrogen) atoms. The van der Waals surface area contributed by atoms with Crippen LogP contribution in [0.3, 0.4) is 0 Å². The highest BCUT2D eigenvalue weighted by Crippen LogP contribution is 2.23. The van der Waals surface area contributed by atoms with Gasteiger partial charge in [-0.1, -0.05) is 30.3 Å². The Kier molecular flexibility index (Phi) is 7.53. The molecule has 1 amide bonds. The largest absolute Gasteiger partial charge is 0.497 e. The third-order valence-electron chi connectivity index (χ3n) is 3.68. The monoisotopic (exact) mass is 373 g/mol. The van der Waals surface area contributed by atoms with Crippen LogP contribution >= 0.6 is 11.8 Å². The number of carbonyl (C=O) groups is 2. The average Bonchev–Trinajstić information content (AvgIpc) is 2.67. The molecule has 0 fully saturated rings. The van der Waals surface area contributed by atoms with Crippen LogP contribution in [0, 0.1) is 0 Å². The first-order chi connectivity index (χ1) is 12.5. The van der Waals surface area contributed by atoms with E-state index in [1.807, 2.05) is 54.6 Å². The normalized spacial score (nSPS) is 12.7. The molecule has 5 nitrogen and oxygen atoms in total. The van der Waals surface area contributed by atoms with Gasteiger partial charge >= 0.3 is 5.97 Å². The minimum absolute atomic E-state index is 0.328. The fourth-order valence-electron chi connectivity index (χ4n) is 2.15. The van der Waals surface area contributed by atoms with Crippen molar-refractivity contribution in [1.82, 2.24) is 5.32 Å².